The normalized spacial score (nSPS) is 10.4. The Morgan fingerprint density at radius 3 is 2.08 bits per heavy atom. The highest BCUT2D eigenvalue weighted by atomic mass is 16.5. The van der Waals surface area contributed by atoms with E-state index in [1.165, 1.54) is 0 Å². The maximum absolute atomic E-state index is 12.5. The Hall–Kier alpha value is -3.21. The van der Waals surface area contributed by atoms with Crippen molar-refractivity contribution >= 4 is 0 Å². The van der Waals surface area contributed by atoms with Crippen LogP contribution in [0.4, 0.5) is 0 Å². The first-order valence-electron chi connectivity index (χ1n) is 7.76. The molecule has 128 valence electrons. The van der Waals surface area contributed by atoms with E-state index in [1.54, 1.807) is 27.5 Å². The van der Waals surface area contributed by atoms with Crippen molar-refractivity contribution < 1.29 is 14.2 Å². The van der Waals surface area contributed by atoms with Gasteiger partial charge in [-0.15, -0.1) is 0 Å². The van der Waals surface area contributed by atoms with E-state index in [9.17, 15) is 4.79 Å². The molecule has 0 aliphatic carbocycles. The van der Waals surface area contributed by atoms with Gasteiger partial charge in [-0.1, -0.05) is 18.2 Å². The number of H-pyrrole nitrogens is 1. The van der Waals surface area contributed by atoms with Crippen LogP contribution in [0.1, 0.15) is 0 Å². The van der Waals surface area contributed by atoms with Gasteiger partial charge in [0, 0.05) is 6.20 Å². The summed E-state index contributed by atoms with van der Waals surface area (Å²) in [6.45, 7) is 0. The molecule has 1 heterocycles. The second kappa shape index (κ2) is 7.13. The summed E-state index contributed by atoms with van der Waals surface area (Å²) < 4.78 is 15.9. The molecule has 25 heavy (non-hydrogen) atoms. The molecule has 0 aliphatic heterocycles. The molecule has 5 nitrogen and oxygen atoms in total. The van der Waals surface area contributed by atoms with Crippen molar-refractivity contribution in [1.82, 2.24) is 4.98 Å². The van der Waals surface area contributed by atoms with Gasteiger partial charge in [-0.25, -0.2) is 0 Å². The number of aromatic nitrogens is 1. The predicted octanol–water partition coefficient (Wildman–Crippen LogP) is 3.73. The number of rotatable bonds is 5. The number of nitrogens with one attached hydrogen (secondary N) is 1. The molecule has 0 aliphatic rings. The third-order valence-electron chi connectivity index (χ3n) is 4.03. The zero-order chi connectivity index (χ0) is 17.8. The molecule has 2 aromatic carbocycles. The van der Waals surface area contributed by atoms with Crippen molar-refractivity contribution in [2.75, 3.05) is 21.3 Å². The van der Waals surface area contributed by atoms with Crippen molar-refractivity contribution in [3.05, 3.63) is 65.1 Å². The smallest absolute Gasteiger partial charge is 0.256 e. The highest BCUT2D eigenvalue weighted by Gasteiger charge is 2.14. The maximum atomic E-state index is 12.5. The second-order valence-electron chi connectivity index (χ2n) is 5.39. The summed E-state index contributed by atoms with van der Waals surface area (Å²) in [7, 11) is 4.79. The van der Waals surface area contributed by atoms with Gasteiger partial charge in [-0.3, -0.25) is 4.79 Å². The summed E-state index contributed by atoms with van der Waals surface area (Å²) in [4.78, 5) is 15.2. The fourth-order valence-electron chi connectivity index (χ4n) is 2.77. The van der Waals surface area contributed by atoms with Crippen molar-refractivity contribution in [2.24, 2.45) is 0 Å². The summed E-state index contributed by atoms with van der Waals surface area (Å²) in [5, 5.41) is 0. The van der Waals surface area contributed by atoms with E-state index in [4.69, 9.17) is 14.2 Å². The Labute approximate surface area is 145 Å². The molecule has 0 fully saturated rings. The van der Waals surface area contributed by atoms with E-state index in [0.717, 1.165) is 22.4 Å². The first kappa shape index (κ1) is 16.6. The molecule has 1 aromatic heterocycles. The van der Waals surface area contributed by atoms with Crippen molar-refractivity contribution in [3.8, 4) is 39.5 Å². The SMILES string of the molecule is COc1ccc(-c2c(-c3ccc(OC)c(OC)c3)cc[nH]c2=O)cc1. The zero-order valence-corrected chi connectivity index (χ0v) is 14.3. The summed E-state index contributed by atoms with van der Waals surface area (Å²) in [5.74, 6) is 1.99. The third kappa shape index (κ3) is 3.21. The molecule has 0 spiro atoms. The minimum atomic E-state index is -0.155. The summed E-state index contributed by atoms with van der Waals surface area (Å²) in [5.41, 5.74) is 2.94. The van der Waals surface area contributed by atoms with E-state index in [2.05, 4.69) is 4.98 Å². The van der Waals surface area contributed by atoms with Crippen LogP contribution in [0.3, 0.4) is 0 Å². The summed E-state index contributed by atoms with van der Waals surface area (Å²) in [6, 6.07) is 14.9. The van der Waals surface area contributed by atoms with Gasteiger partial charge in [0.2, 0.25) is 0 Å². The zero-order valence-electron chi connectivity index (χ0n) is 14.3. The molecule has 0 bridgehead atoms. The first-order chi connectivity index (χ1) is 12.2. The van der Waals surface area contributed by atoms with Crippen LogP contribution >= 0.6 is 0 Å². The molecule has 5 heteroatoms. The molecule has 0 atom stereocenters. The van der Waals surface area contributed by atoms with E-state index in [-0.39, 0.29) is 5.56 Å². The van der Waals surface area contributed by atoms with Crippen LogP contribution < -0.4 is 19.8 Å². The minimum Gasteiger partial charge on any atom is -0.497 e. The fourth-order valence-corrected chi connectivity index (χ4v) is 2.77. The Morgan fingerprint density at radius 2 is 1.44 bits per heavy atom. The minimum absolute atomic E-state index is 0.155. The number of ether oxygens (including phenoxy) is 3. The van der Waals surface area contributed by atoms with Crippen LogP contribution in [-0.2, 0) is 0 Å². The number of benzene rings is 2. The van der Waals surface area contributed by atoms with Crippen LogP contribution in [-0.4, -0.2) is 26.3 Å². The number of methoxy groups -OCH3 is 3. The summed E-state index contributed by atoms with van der Waals surface area (Å²) in [6.07, 6.45) is 1.64. The lowest BCUT2D eigenvalue weighted by molar-refractivity contribution is 0.355. The molecule has 0 saturated carbocycles. The van der Waals surface area contributed by atoms with Crippen molar-refractivity contribution in [1.29, 1.82) is 0 Å². The first-order valence-corrected chi connectivity index (χ1v) is 7.76. The van der Waals surface area contributed by atoms with Gasteiger partial charge in [0.25, 0.3) is 5.56 Å². The molecule has 3 aromatic rings. The maximum Gasteiger partial charge on any atom is 0.256 e. The molecule has 3 rings (SSSR count). The van der Waals surface area contributed by atoms with Gasteiger partial charge in [-0.05, 0) is 47.0 Å². The lowest BCUT2D eigenvalue weighted by atomic mass is 9.96. The van der Waals surface area contributed by atoms with Crippen LogP contribution in [0.15, 0.2) is 59.5 Å². The average molecular weight is 337 g/mol. The monoisotopic (exact) mass is 337 g/mol. The molecule has 0 saturated heterocycles. The van der Waals surface area contributed by atoms with E-state index >= 15 is 0 Å². The van der Waals surface area contributed by atoms with E-state index in [0.29, 0.717) is 17.1 Å². The quantitative estimate of drug-likeness (QED) is 0.770. The number of hydrogen-bond donors (Lipinski definition) is 1. The van der Waals surface area contributed by atoms with Gasteiger partial charge >= 0.3 is 0 Å². The average Bonchev–Trinajstić information content (AvgIpc) is 2.67. The van der Waals surface area contributed by atoms with Gasteiger partial charge in [0.15, 0.2) is 11.5 Å². The second-order valence-corrected chi connectivity index (χ2v) is 5.39. The van der Waals surface area contributed by atoms with Crippen LogP contribution in [0.5, 0.6) is 17.2 Å². The van der Waals surface area contributed by atoms with Crippen molar-refractivity contribution in [2.45, 2.75) is 0 Å². The van der Waals surface area contributed by atoms with Gasteiger partial charge in [0.1, 0.15) is 5.75 Å². The molecular weight excluding hydrogens is 318 g/mol. The number of aromatic amines is 1. The molecule has 0 radical (unpaired) electrons. The molecule has 0 amide bonds. The topological polar surface area (TPSA) is 60.6 Å². The predicted molar refractivity (Wildman–Crippen MR) is 97.6 cm³/mol. The van der Waals surface area contributed by atoms with Gasteiger partial charge < -0.3 is 19.2 Å². The molecule has 0 unspecified atom stereocenters. The Balaban J connectivity index is 2.17. The highest BCUT2D eigenvalue weighted by Crippen LogP contribution is 2.35. The number of hydrogen-bond acceptors (Lipinski definition) is 4. The van der Waals surface area contributed by atoms with Gasteiger partial charge in [-0.2, -0.15) is 0 Å². The highest BCUT2D eigenvalue weighted by molar-refractivity contribution is 5.83. The van der Waals surface area contributed by atoms with Crippen LogP contribution in [0.2, 0.25) is 0 Å². The van der Waals surface area contributed by atoms with Crippen molar-refractivity contribution in [3.63, 3.8) is 0 Å². The van der Waals surface area contributed by atoms with Crippen LogP contribution in [0, 0.1) is 0 Å². The Kier molecular flexibility index (Phi) is 4.75. The Bertz CT molecular complexity index is 929. The lowest BCUT2D eigenvalue weighted by Crippen LogP contribution is -2.09. The lowest BCUT2D eigenvalue weighted by Gasteiger charge is -2.13. The molecular formula is C20H19NO4. The fraction of sp³-hybridized carbons (Fsp3) is 0.150. The molecule has 1 N–H and O–H groups in total. The van der Waals surface area contributed by atoms with E-state index < -0.39 is 0 Å². The Morgan fingerprint density at radius 1 is 0.760 bits per heavy atom. The number of pyridine rings is 1. The van der Waals surface area contributed by atoms with E-state index in [1.807, 2.05) is 48.5 Å². The third-order valence-corrected chi connectivity index (χ3v) is 4.03. The summed E-state index contributed by atoms with van der Waals surface area (Å²) >= 11 is 0. The van der Waals surface area contributed by atoms with Crippen LogP contribution in [0.25, 0.3) is 22.3 Å². The largest absolute Gasteiger partial charge is 0.497 e. The van der Waals surface area contributed by atoms with Gasteiger partial charge in [0.05, 0.1) is 26.9 Å². The standard InChI is InChI=1S/C20H19NO4/c1-23-15-7-4-13(5-8-15)19-16(10-11-21-20(19)22)14-6-9-17(24-2)18(12-14)25-3/h4-12H,1-3H3,(H,21,22).